The molecule has 1 aromatic rings. The van der Waals surface area contributed by atoms with Crippen molar-refractivity contribution in [3.05, 3.63) is 35.6 Å². The van der Waals surface area contributed by atoms with E-state index in [2.05, 4.69) is 12.2 Å². The van der Waals surface area contributed by atoms with Gasteiger partial charge in [0.1, 0.15) is 5.82 Å². The number of hydrogen-bond acceptors (Lipinski definition) is 2. The molecule has 0 aromatic heterocycles. The minimum absolute atomic E-state index is 0. The summed E-state index contributed by atoms with van der Waals surface area (Å²) in [5, 5.41) is 3.38. The maximum Gasteiger partial charge on any atom is 0.223 e. The van der Waals surface area contributed by atoms with E-state index in [0.29, 0.717) is 36.4 Å². The van der Waals surface area contributed by atoms with E-state index < -0.39 is 0 Å². The predicted octanol–water partition coefficient (Wildman–Crippen LogP) is 3.76. The molecule has 1 N–H and O–H groups in total. The average Bonchev–Trinajstić information content (AvgIpc) is 3.39. The SMILES string of the molecule is CC(CC(=O)N(Cc1ccccc1F)C1CC1)C1CCNCC1.Cl. The summed E-state index contributed by atoms with van der Waals surface area (Å²) in [6.45, 7) is 4.73. The fraction of sp³-hybridized carbons (Fsp3) is 0.632. The highest BCUT2D eigenvalue weighted by Gasteiger charge is 2.34. The molecule has 5 heteroatoms. The third-order valence-corrected chi connectivity index (χ3v) is 5.29. The van der Waals surface area contributed by atoms with Crippen molar-refractivity contribution in [2.75, 3.05) is 13.1 Å². The lowest BCUT2D eigenvalue weighted by atomic mass is 9.84. The minimum Gasteiger partial charge on any atom is -0.335 e. The Kier molecular flexibility index (Phi) is 7.05. The first-order valence-corrected chi connectivity index (χ1v) is 8.88. The van der Waals surface area contributed by atoms with Crippen molar-refractivity contribution in [2.24, 2.45) is 11.8 Å². The van der Waals surface area contributed by atoms with E-state index in [1.165, 1.54) is 6.07 Å². The molecule has 3 rings (SSSR count). The number of nitrogens with zero attached hydrogens (tertiary/aromatic N) is 1. The van der Waals surface area contributed by atoms with Gasteiger partial charge in [-0.2, -0.15) is 0 Å². The van der Waals surface area contributed by atoms with Gasteiger partial charge in [-0.1, -0.05) is 25.1 Å². The zero-order valence-corrected chi connectivity index (χ0v) is 15.2. The largest absolute Gasteiger partial charge is 0.335 e. The molecule has 1 saturated carbocycles. The van der Waals surface area contributed by atoms with Gasteiger partial charge in [0, 0.05) is 24.6 Å². The van der Waals surface area contributed by atoms with Crippen LogP contribution in [-0.2, 0) is 11.3 Å². The summed E-state index contributed by atoms with van der Waals surface area (Å²) in [6, 6.07) is 7.12. The summed E-state index contributed by atoms with van der Waals surface area (Å²) in [6.07, 6.45) is 5.02. The number of carbonyl (C=O) groups excluding carboxylic acids is 1. The summed E-state index contributed by atoms with van der Waals surface area (Å²) >= 11 is 0. The second kappa shape index (κ2) is 8.82. The summed E-state index contributed by atoms with van der Waals surface area (Å²) < 4.78 is 13.9. The second-order valence-corrected chi connectivity index (χ2v) is 7.11. The molecule has 1 atom stereocenters. The van der Waals surface area contributed by atoms with Crippen LogP contribution in [-0.4, -0.2) is 29.9 Å². The molecule has 1 amide bonds. The van der Waals surface area contributed by atoms with E-state index in [1.54, 1.807) is 12.1 Å². The standard InChI is InChI=1S/C19H27FN2O.ClH/c1-14(15-8-10-21-11-9-15)12-19(23)22(17-6-7-17)13-16-4-2-3-5-18(16)20;/h2-5,14-15,17,21H,6-13H2,1H3;1H. The van der Waals surface area contributed by atoms with Gasteiger partial charge in [0.2, 0.25) is 5.91 Å². The van der Waals surface area contributed by atoms with Gasteiger partial charge in [0.15, 0.2) is 0 Å². The van der Waals surface area contributed by atoms with Crippen LogP contribution in [0.15, 0.2) is 24.3 Å². The van der Waals surface area contributed by atoms with E-state index in [0.717, 1.165) is 38.8 Å². The molecule has 1 aliphatic heterocycles. The number of piperidine rings is 1. The Morgan fingerprint density at radius 1 is 1.25 bits per heavy atom. The summed E-state index contributed by atoms with van der Waals surface area (Å²) in [7, 11) is 0. The van der Waals surface area contributed by atoms with E-state index in [-0.39, 0.29) is 24.1 Å². The van der Waals surface area contributed by atoms with Gasteiger partial charge in [0.25, 0.3) is 0 Å². The molecule has 0 bridgehead atoms. The normalized spacial score (nSPS) is 19.4. The van der Waals surface area contributed by atoms with Crippen LogP contribution < -0.4 is 5.32 Å². The number of benzene rings is 1. The molecule has 0 radical (unpaired) electrons. The van der Waals surface area contributed by atoms with Crippen LogP contribution in [0.3, 0.4) is 0 Å². The van der Waals surface area contributed by atoms with E-state index in [1.807, 2.05) is 11.0 Å². The van der Waals surface area contributed by atoms with Gasteiger partial charge in [-0.05, 0) is 56.7 Å². The zero-order valence-electron chi connectivity index (χ0n) is 14.3. The van der Waals surface area contributed by atoms with Crippen LogP contribution in [0.1, 0.15) is 44.6 Å². The monoisotopic (exact) mass is 354 g/mol. The molecule has 1 heterocycles. The quantitative estimate of drug-likeness (QED) is 0.843. The Bertz CT molecular complexity index is 544. The maximum absolute atomic E-state index is 13.9. The number of amides is 1. The predicted molar refractivity (Wildman–Crippen MR) is 96.6 cm³/mol. The summed E-state index contributed by atoms with van der Waals surface area (Å²) in [5.74, 6) is 1.03. The maximum atomic E-state index is 13.9. The van der Waals surface area contributed by atoms with E-state index in [9.17, 15) is 9.18 Å². The molecule has 1 aliphatic carbocycles. The fourth-order valence-electron chi connectivity index (χ4n) is 3.59. The first kappa shape index (κ1) is 19.2. The lowest BCUT2D eigenvalue weighted by molar-refractivity contribution is -0.133. The Labute approximate surface area is 150 Å². The average molecular weight is 355 g/mol. The van der Waals surface area contributed by atoms with Crippen molar-refractivity contribution in [3.8, 4) is 0 Å². The van der Waals surface area contributed by atoms with Crippen molar-refractivity contribution in [1.82, 2.24) is 10.2 Å². The van der Waals surface area contributed by atoms with Gasteiger partial charge >= 0.3 is 0 Å². The first-order chi connectivity index (χ1) is 11.1. The van der Waals surface area contributed by atoms with E-state index >= 15 is 0 Å². The second-order valence-electron chi connectivity index (χ2n) is 7.11. The molecule has 2 aliphatic rings. The van der Waals surface area contributed by atoms with Crippen LogP contribution in [0.2, 0.25) is 0 Å². The molecule has 1 saturated heterocycles. The number of nitrogens with one attached hydrogen (secondary N) is 1. The van der Waals surface area contributed by atoms with Crippen LogP contribution in [0.4, 0.5) is 4.39 Å². The summed E-state index contributed by atoms with van der Waals surface area (Å²) in [4.78, 5) is 14.7. The smallest absolute Gasteiger partial charge is 0.223 e. The first-order valence-electron chi connectivity index (χ1n) is 8.88. The van der Waals surface area contributed by atoms with Crippen LogP contribution in [0.25, 0.3) is 0 Å². The lowest BCUT2D eigenvalue weighted by Gasteiger charge is -2.30. The lowest BCUT2D eigenvalue weighted by Crippen LogP contribution is -2.36. The number of rotatable bonds is 6. The number of hydrogen-bond donors (Lipinski definition) is 1. The van der Waals surface area contributed by atoms with Crippen LogP contribution in [0.5, 0.6) is 0 Å². The number of halogens is 2. The van der Waals surface area contributed by atoms with Gasteiger partial charge in [0.05, 0.1) is 0 Å². The third-order valence-electron chi connectivity index (χ3n) is 5.29. The number of carbonyl (C=O) groups is 1. The van der Waals surface area contributed by atoms with Gasteiger partial charge in [-0.15, -0.1) is 12.4 Å². The molecule has 24 heavy (non-hydrogen) atoms. The van der Waals surface area contributed by atoms with Crippen molar-refractivity contribution in [1.29, 1.82) is 0 Å². The molecule has 2 fully saturated rings. The summed E-state index contributed by atoms with van der Waals surface area (Å²) in [5.41, 5.74) is 0.627. The fourth-order valence-corrected chi connectivity index (χ4v) is 3.59. The Morgan fingerprint density at radius 2 is 1.92 bits per heavy atom. The Hall–Kier alpha value is -1.13. The topological polar surface area (TPSA) is 32.3 Å². The highest BCUT2D eigenvalue weighted by Crippen LogP contribution is 2.31. The molecular weight excluding hydrogens is 327 g/mol. The van der Waals surface area contributed by atoms with Gasteiger partial charge in [-0.25, -0.2) is 4.39 Å². The highest BCUT2D eigenvalue weighted by atomic mass is 35.5. The van der Waals surface area contributed by atoms with Gasteiger partial charge in [-0.3, -0.25) is 4.79 Å². The van der Waals surface area contributed by atoms with Crippen molar-refractivity contribution in [3.63, 3.8) is 0 Å². The molecular formula is C19H28ClFN2O. The molecule has 1 unspecified atom stereocenters. The zero-order chi connectivity index (χ0) is 16.2. The van der Waals surface area contributed by atoms with Gasteiger partial charge < -0.3 is 10.2 Å². The van der Waals surface area contributed by atoms with Crippen LogP contribution in [0, 0.1) is 17.7 Å². The Balaban J connectivity index is 0.00000208. The van der Waals surface area contributed by atoms with E-state index in [4.69, 9.17) is 0 Å². The molecule has 3 nitrogen and oxygen atoms in total. The molecule has 134 valence electrons. The van der Waals surface area contributed by atoms with Crippen LogP contribution >= 0.6 is 12.4 Å². The Morgan fingerprint density at radius 3 is 2.54 bits per heavy atom. The van der Waals surface area contributed by atoms with Crippen molar-refractivity contribution >= 4 is 18.3 Å². The minimum atomic E-state index is -0.211. The highest BCUT2D eigenvalue weighted by molar-refractivity contribution is 5.85. The molecule has 0 spiro atoms. The molecule has 1 aromatic carbocycles. The van der Waals surface area contributed by atoms with Crippen molar-refractivity contribution < 1.29 is 9.18 Å². The third kappa shape index (κ3) is 4.93. The van der Waals surface area contributed by atoms with Crippen molar-refractivity contribution in [2.45, 2.75) is 51.6 Å².